The topological polar surface area (TPSA) is 203 Å². The summed E-state index contributed by atoms with van der Waals surface area (Å²) in [4.78, 5) is 10.5. The first-order valence-electron chi connectivity index (χ1n) is 9.38. The molecule has 190 valence electrons. The van der Waals surface area contributed by atoms with E-state index in [2.05, 4.69) is 69.3 Å². The summed E-state index contributed by atoms with van der Waals surface area (Å²) in [6.45, 7) is 8.66. The van der Waals surface area contributed by atoms with Gasteiger partial charge < -0.3 is 4.74 Å². The quantitative estimate of drug-likeness (QED) is 0.224. The summed E-state index contributed by atoms with van der Waals surface area (Å²) in [6, 6.07) is 17.6. The zero-order valence-corrected chi connectivity index (χ0v) is 22.1. The Morgan fingerprint density at radius 2 is 1.29 bits per heavy atom. The summed E-state index contributed by atoms with van der Waals surface area (Å²) >= 11 is 1.88. The lowest BCUT2D eigenvalue weighted by molar-refractivity contribution is -2.00. The number of halogens is 2. The van der Waals surface area contributed by atoms with Gasteiger partial charge >= 0.3 is 0 Å². The van der Waals surface area contributed by atoms with Crippen molar-refractivity contribution in [3.05, 3.63) is 48.5 Å². The smallest absolute Gasteiger partial charge is 0.180 e. The highest BCUT2D eigenvalue weighted by Crippen LogP contribution is 2.48. The molecule has 1 atom stereocenters. The Kier molecular flexibility index (Phi) is 11.6. The molecule has 1 aliphatic heterocycles. The van der Waals surface area contributed by atoms with E-state index in [1.807, 2.05) is 18.7 Å². The highest BCUT2D eigenvalue weighted by atomic mass is 35.7. The third kappa shape index (κ3) is 11.1. The van der Waals surface area contributed by atoms with Crippen LogP contribution in [0.5, 0.6) is 0 Å². The summed E-state index contributed by atoms with van der Waals surface area (Å²) in [6.07, 6.45) is 0. The summed E-state index contributed by atoms with van der Waals surface area (Å²) in [5, 5.41) is 0.366. The molecule has 0 aromatic heterocycles. The lowest BCUT2D eigenvalue weighted by atomic mass is 10.0. The second-order valence-corrected chi connectivity index (χ2v) is 12.1. The molecule has 0 fully saturated rings. The van der Waals surface area contributed by atoms with Crippen LogP contribution >= 0.6 is 11.8 Å². The Hall–Kier alpha value is -1.13. The Bertz CT molecular complexity index is 896. The van der Waals surface area contributed by atoms with Crippen LogP contribution in [0.1, 0.15) is 27.7 Å². The summed E-state index contributed by atoms with van der Waals surface area (Å²) in [5.41, 5.74) is -0.203. The number of hydrogen-bond acceptors (Lipinski definition) is 11. The Labute approximate surface area is 209 Å². The molecule has 0 saturated carbocycles. The molecule has 1 N–H and O–H groups in total. The van der Waals surface area contributed by atoms with Crippen LogP contribution in [0.25, 0.3) is 0 Å². The molecule has 3 rings (SSSR count). The van der Waals surface area contributed by atoms with Gasteiger partial charge in [-0.25, -0.2) is 23.6 Å². The monoisotopic (exact) mass is 557 g/mol. The molecular formula is C20H25Cl2NO9S2. The number of rotatable bonds is 3. The van der Waals surface area contributed by atoms with Gasteiger partial charge in [-0.05, 0) is 45.0 Å². The van der Waals surface area contributed by atoms with Crippen LogP contribution in [0.3, 0.4) is 0 Å². The van der Waals surface area contributed by atoms with Crippen molar-refractivity contribution in [3.8, 4) is 0 Å². The number of ether oxygens (including phenoxy) is 1. The molecule has 14 heteroatoms. The minimum Gasteiger partial charge on any atom is -0.484 e. The van der Waals surface area contributed by atoms with Crippen LogP contribution in [0.15, 0.2) is 73.1 Å². The van der Waals surface area contributed by atoms with Crippen molar-refractivity contribution in [1.29, 1.82) is 0 Å². The van der Waals surface area contributed by atoms with E-state index in [9.17, 15) is 0 Å². The highest BCUT2D eigenvalue weighted by molar-refractivity contribution is 8.04. The van der Waals surface area contributed by atoms with Gasteiger partial charge in [0.25, 0.3) is 0 Å². The van der Waals surface area contributed by atoms with Crippen molar-refractivity contribution in [3.63, 3.8) is 0 Å². The SMILES string of the molecule is COC(C)=NC(C)(C)C(C)[S+]1c2ccccc2Sc2ccccc21.[O-][Cl+3]([O-])([O-])O.[O-][Cl+3]([O-])([O-])[O-]. The van der Waals surface area contributed by atoms with E-state index < -0.39 is 20.5 Å². The van der Waals surface area contributed by atoms with Crippen LogP contribution in [0.2, 0.25) is 0 Å². The summed E-state index contributed by atoms with van der Waals surface area (Å²) in [5.74, 6) is 0.739. The lowest BCUT2D eigenvalue weighted by Crippen LogP contribution is -2.68. The molecule has 2 aromatic rings. The van der Waals surface area contributed by atoms with Gasteiger partial charge in [0.1, 0.15) is 5.54 Å². The molecule has 0 aliphatic carbocycles. The number of benzene rings is 2. The number of aliphatic imine (C=N–C) groups is 1. The molecule has 0 spiro atoms. The van der Waals surface area contributed by atoms with Crippen molar-refractivity contribution >= 4 is 28.6 Å². The van der Waals surface area contributed by atoms with Crippen LogP contribution in [-0.4, -0.2) is 28.5 Å². The van der Waals surface area contributed by atoms with Crippen molar-refractivity contribution in [2.45, 2.75) is 58.1 Å². The zero-order valence-electron chi connectivity index (χ0n) is 18.9. The van der Waals surface area contributed by atoms with Gasteiger partial charge in [0.15, 0.2) is 20.9 Å². The first-order chi connectivity index (χ1) is 15.4. The predicted molar refractivity (Wildman–Crippen MR) is 107 cm³/mol. The molecule has 10 nitrogen and oxygen atoms in total. The third-order valence-corrected chi connectivity index (χ3v) is 8.84. The molecular weight excluding hydrogens is 533 g/mol. The maximum Gasteiger partial charge on any atom is 0.180 e. The predicted octanol–water partition coefficient (Wildman–Crippen LogP) is -3.46. The van der Waals surface area contributed by atoms with Gasteiger partial charge in [-0.1, -0.05) is 36.0 Å². The number of nitrogens with zero attached hydrogens (tertiary/aromatic N) is 1. The maximum atomic E-state index is 8.60. The molecule has 1 aliphatic rings. The highest BCUT2D eigenvalue weighted by Gasteiger charge is 2.47. The van der Waals surface area contributed by atoms with Gasteiger partial charge in [0.05, 0.1) is 42.7 Å². The van der Waals surface area contributed by atoms with Crippen molar-refractivity contribution in [2.24, 2.45) is 4.99 Å². The first-order valence-corrected chi connectivity index (χ1v) is 14.0. The van der Waals surface area contributed by atoms with Crippen molar-refractivity contribution in [1.82, 2.24) is 0 Å². The van der Waals surface area contributed by atoms with Gasteiger partial charge in [-0.2, -0.15) is 14.0 Å². The van der Waals surface area contributed by atoms with Gasteiger partial charge in [-0.3, -0.25) is 0 Å². The van der Waals surface area contributed by atoms with E-state index in [0.29, 0.717) is 5.25 Å². The minimum atomic E-state index is -4.94. The lowest BCUT2D eigenvalue weighted by Gasteiger charge is -2.30. The fraction of sp³-hybridized carbons (Fsp3) is 0.350. The largest absolute Gasteiger partial charge is 0.484 e. The van der Waals surface area contributed by atoms with Gasteiger partial charge in [0, 0.05) is 6.92 Å². The molecule has 34 heavy (non-hydrogen) atoms. The fourth-order valence-corrected chi connectivity index (χ4v) is 7.19. The van der Waals surface area contributed by atoms with Crippen LogP contribution in [0, 0.1) is 20.5 Å². The van der Waals surface area contributed by atoms with E-state index >= 15 is 0 Å². The summed E-state index contributed by atoms with van der Waals surface area (Å²) in [7, 11) is -7.97. The minimum absolute atomic E-state index is 0.0106. The molecule has 0 bridgehead atoms. The average Bonchev–Trinajstić information content (AvgIpc) is 2.68. The number of methoxy groups -OCH3 is 1. The molecule has 1 heterocycles. The first kappa shape index (κ1) is 30.9. The van der Waals surface area contributed by atoms with Gasteiger partial charge in [0.2, 0.25) is 0 Å². The molecule has 0 radical (unpaired) electrons. The normalized spacial score (nSPS) is 15.0. The standard InChI is InChI=1S/C20H24NOS2.2ClHO4/c1-14(20(3,4)21-15(2)22-5)24-18-12-8-6-10-16(18)23-17-11-7-9-13-19(17)24;2*2-1(3,4)5/h6-14H,1-5H3;2*(H,2,3,4,5)/q+1;;/p-1. The van der Waals surface area contributed by atoms with Crippen molar-refractivity contribution < 1.29 is 62.5 Å². The van der Waals surface area contributed by atoms with E-state index in [-0.39, 0.29) is 16.4 Å². The molecule has 2 aromatic carbocycles. The average molecular weight is 558 g/mol. The van der Waals surface area contributed by atoms with Gasteiger partial charge in [-0.15, -0.1) is 10.2 Å². The molecule has 0 amide bonds. The van der Waals surface area contributed by atoms with E-state index in [4.69, 9.17) is 47.0 Å². The zero-order chi connectivity index (χ0) is 26.3. The Morgan fingerprint density at radius 1 is 0.941 bits per heavy atom. The molecule has 0 saturated heterocycles. The summed E-state index contributed by atoms with van der Waals surface area (Å²) < 4.78 is 72.0. The Balaban J connectivity index is 0.000000489. The number of fused-ring (bicyclic) bond motifs is 2. The van der Waals surface area contributed by atoms with Crippen LogP contribution in [-0.2, 0) is 15.6 Å². The van der Waals surface area contributed by atoms with Crippen LogP contribution in [0.4, 0.5) is 0 Å². The van der Waals surface area contributed by atoms with E-state index in [1.165, 1.54) is 19.6 Å². The Morgan fingerprint density at radius 3 is 1.65 bits per heavy atom. The second-order valence-electron chi connectivity index (χ2n) is 7.24. The maximum absolute atomic E-state index is 8.60. The van der Waals surface area contributed by atoms with Crippen LogP contribution < -0.4 is 32.6 Å². The second kappa shape index (κ2) is 12.7. The third-order valence-electron chi connectivity index (χ3n) is 4.48. The van der Waals surface area contributed by atoms with E-state index in [0.717, 1.165) is 5.90 Å². The van der Waals surface area contributed by atoms with Crippen molar-refractivity contribution in [2.75, 3.05) is 7.11 Å². The van der Waals surface area contributed by atoms with E-state index in [1.54, 1.807) is 7.11 Å². The fourth-order valence-electron chi connectivity index (χ4n) is 2.88. The molecule has 1 unspecified atom stereocenters. The number of hydrogen-bond donors (Lipinski definition) is 1.